The zero-order valence-electron chi connectivity index (χ0n) is 12.1. The highest BCUT2D eigenvalue weighted by Crippen LogP contribution is 2.26. The Morgan fingerprint density at radius 2 is 2.05 bits per heavy atom. The van der Waals surface area contributed by atoms with Crippen LogP contribution in [0.15, 0.2) is 24.3 Å². The first-order chi connectivity index (χ1) is 9.86. The van der Waals surface area contributed by atoms with Crippen molar-refractivity contribution in [3.63, 3.8) is 0 Å². The maximum atomic E-state index is 12.3. The molecule has 112 valence electrons. The molecule has 1 aromatic carbocycles. The van der Waals surface area contributed by atoms with Gasteiger partial charge in [0.05, 0.1) is 10.2 Å². The summed E-state index contributed by atoms with van der Waals surface area (Å²) < 4.78 is 0.966. The fraction of sp³-hybridized carbons (Fsp3) is 0.357. The first kappa shape index (κ1) is 15.2. The Labute approximate surface area is 126 Å². The molecule has 2 N–H and O–H groups in total. The predicted molar refractivity (Wildman–Crippen MR) is 82.7 cm³/mol. The third-order valence-corrected chi connectivity index (χ3v) is 4.22. The molecule has 0 saturated heterocycles. The Morgan fingerprint density at radius 1 is 1.38 bits per heavy atom. The summed E-state index contributed by atoms with van der Waals surface area (Å²) in [4.78, 5) is 29.1. The van der Waals surface area contributed by atoms with Gasteiger partial charge < -0.3 is 10.0 Å². The number of benzene rings is 1. The Morgan fingerprint density at radius 3 is 2.62 bits per heavy atom. The average Bonchev–Trinajstić information content (AvgIpc) is 2.80. The summed E-state index contributed by atoms with van der Waals surface area (Å²) in [6.07, 6.45) is 0. The van der Waals surface area contributed by atoms with Gasteiger partial charge in [-0.1, -0.05) is 23.5 Å². The van der Waals surface area contributed by atoms with Crippen LogP contribution in [0.4, 0.5) is 9.93 Å². The van der Waals surface area contributed by atoms with Gasteiger partial charge in [-0.15, -0.1) is 0 Å². The lowest BCUT2D eigenvalue weighted by atomic mass is 10.0. The predicted octanol–water partition coefficient (Wildman–Crippen LogP) is 3.01. The van der Waals surface area contributed by atoms with Crippen molar-refractivity contribution in [2.24, 2.45) is 0 Å². The summed E-state index contributed by atoms with van der Waals surface area (Å²) in [5.41, 5.74) is -0.478. The van der Waals surface area contributed by atoms with Gasteiger partial charge in [-0.3, -0.25) is 5.32 Å². The molecule has 0 aliphatic rings. The van der Waals surface area contributed by atoms with Crippen LogP contribution in [0.3, 0.4) is 0 Å². The number of nitrogens with zero attached hydrogens (tertiary/aromatic N) is 2. The van der Waals surface area contributed by atoms with E-state index < -0.39 is 17.5 Å². The zero-order valence-corrected chi connectivity index (χ0v) is 12.9. The first-order valence-electron chi connectivity index (χ1n) is 6.54. The number of aromatic nitrogens is 1. The zero-order chi connectivity index (χ0) is 15.6. The standard InChI is InChI=1S/C14H17N3O3S/c1-4-17(14(2,3)11(18)19)13(20)16-12-15-9-7-5-6-8-10(9)21-12/h5-8H,4H2,1-3H3,(H,18,19)(H,15,16,20). The minimum atomic E-state index is -1.28. The highest BCUT2D eigenvalue weighted by molar-refractivity contribution is 7.22. The summed E-state index contributed by atoms with van der Waals surface area (Å²) in [6, 6.07) is 7.09. The summed E-state index contributed by atoms with van der Waals surface area (Å²) in [6.45, 7) is 5.02. The van der Waals surface area contributed by atoms with Gasteiger partial charge in [0, 0.05) is 6.54 Å². The van der Waals surface area contributed by atoms with E-state index in [1.54, 1.807) is 6.92 Å². The number of carboxylic acids is 1. The fourth-order valence-corrected chi connectivity index (χ4v) is 2.85. The van der Waals surface area contributed by atoms with E-state index in [9.17, 15) is 14.7 Å². The van der Waals surface area contributed by atoms with Crippen molar-refractivity contribution in [1.82, 2.24) is 9.88 Å². The smallest absolute Gasteiger partial charge is 0.329 e. The van der Waals surface area contributed by atoms with Crippen LogP contribution in [0.2, 0.25) is 0 Å². The van der Waals surface area contributed by atoms with Crippen molar-refractivity contribution in [3.8, 4) is 0 Å². The fourth-order valence-electron chi connectivity index (χ4n) is 1.99. The molecule has 2 aromatic rings. The number of hydrogen-bond acceptors (Lipinski definition) is 4. The van der Waals surface area contributed by atoms with Gasteiger partial charge in [-0.25, -0.2) is 14.6 Å². The Bertz CT molecular complexity index is 648. The highest BCUT2D eigenvalue weighted by Gasteiger charge is 2.37. The van der Waals surface area contributed by atoms with Gasteiger partial charge in [0.15, 0.2) is 5.13 Å². The number of para-hydroxylation sites is 1. The van der Waals surface area contributed by atoms with E-state index in [0.29, 0.717) is 5.13 Å². The van der Waals surface area contributed by atoms with Crippen molar-refractivity contribution in [2.75, 3.05) is 11.9 Å². The van der Waals surface area contributed by atoms with Gasteiger partial charge in [0.25, 0.3) is 0 Å². The molecule has 0 bridgehead atoms. The minimum Gasteiger partial charge on any atom is -0.480 e. The maximum absolute atomic E-state index is 12.3. The molecule has 6 nitrogen and oxygen atoms in total. The second-order valence-electron chi connectivity index (χ2n) is 5.03. The van der Waals surface area contributed by atoms with Crippen molar-refractivity contribution in [2.45, 2.75) is 26.3 Å². The van der Waals surface area contributed by atoms with Gasteiger partial charge in [0.2, 0.25) is 0 Å². The lowest BCUT2D eigenvalue weighted by Crippen LogP contribution is -2.54. The third kappa shape index (κ3) is 2.97. The molecule has 0 aliphatic carbocycles. The third-order valence-electron chi connectivity index (χ3n) is 3.27. The van der Waals surface area contributed by atoms with E-state index in [-0.39, 0.29) is 6.54 Å². The monoisotopic (exact) mass is 307 g/mol. The van der Waals surface area contributed by atoms with Crippen molar-refractivity contribution in [3.05, 3.63) is 24.3 Å². The molecule has 1 aromatic heterocycles. The average molecular weight is 307 g/mol. The van der Waals surface area contributed by atoms with Gasteiger partial charge in [-0.2, -0.15) is 0 Å². The SMILES string of the molecule is CCN(C(=O)Nc1nc2ccccc2s1)C(C)(C)C(=O)O. The van der Waals surface area contributed by atoms with E-state index in [4.69, 9.17) is 0 Å². The van der Waals surface area contributed by atoms with Crippen molar-refractivity contribution >= 4 is 38.7 Å². The van der Waals surface area contributed by atoms with E-state index >= 15 is 0 Å². The second-order valence-corrected chi connectivity index (χ2v) is 6.06. The molecule has 1 heterocycles. The second kappa shape index (κ2) is 5.69. The number of aliphatic carboxylic acids is 1. The molecule has 0 radical (unpaired) electrons. The summed E-state index contributed by atoms with van der Waals surface area (Å²) in [7, 11) is 0. The number of urea groups is 1. The largest absolute Gasteiger partial charge is 0.480 e. The van der Waals surface area contributed by atoms with E-state index in [1.165, 1.54) is 30.1 Å². The number of carboxylic acid groups (broad SMARTS) is 1. The lowest BCUT2D eigenvalue weighted by Gasteiger charge is -2.33. The molecule has 0 atom stereocenters. The van der Waals surface area contributed by atoms with E-state index in [0.717, 1.165) is 10.2 Å². The first-order valence-corrected chi connectivity index (χ1v) is 7.35. The number of nitrogens with one attached hydrogen (secondary N) is 1. The lowest BCUT2D eigenvalue weighted by molar-refractivity contribution is -0.147. The van der Waals surface area contributed by atoms with Crippen LogP contribution < -0.4 is 5.32 Å². The number of amides is 2. The minimum absolute atomic E-state index is 0.288. The summed E-state index contributed by atoms with van der Waals surface area (Å²) in [5, 5.41) is 12.4. The number of rotatable bonds is 4. The van der Waals surface area contributed by atoms with Crippen molar-refractivity contribution in [1.29, 1.82) is 0 Å². The van der Waals surface area contributed by atoms with E-state index in [2.05, 4.69) is 10.3 Å². The molecule has 2 amide bonds. The van der Waals surface area contributed by atoms with Crippen LogP contribution >= 0.6 is 11.3 Å². The van der Waals surface area contributed by atoms with E-state index in [1.807, 2.05) is 24.3 Å². The topological polar surface area (TPSA) is 82.5 Å². The molecule has 0 aliphatic heterocycles. The number of thiazole rings is 1. The van der Waals surface area contributed by atoms with Gasteiger partial charge in [-0.05, 0) is 32.9 Å². The summed E-state index contributed by atoms with van der Waals surface area (Å²) >= 11 is 1.36. The number of fused-ring (bicyclic) bond motifs is 1. The number of anilines is 1. The molecule has 2 rings (SSSR count). The van der Waals surface area contributed by atoms with Crippen LogP contribution in [-0.2, 0) is 4.79 Å². The normalized spacial score (nSPS) is 11.4. The number of likely N-dealkylation sites (N-methyl/N-ethyl adjacent to an activating group) is 1. The molecular weight excluding hydrogens is 290 g/mol. The van der Waals surface area contributed by atoms with Gasteiger partial charge in [0.1, 0.15) is 5.54 Å². The van der Waals surface area contributed by atoms with Crippen LogP contribution in [-0.4, -0.2) is 39.1 Å². The highest BCUT2D eigenvalue weighted by atomic mass is 32.1. The molecule has 0 unspecified atom stereocenters. The molecule has 0 fully saturated rings. The molecule has 0 spiro atoms. The number of carbonyl (C=O) groups is 2. The Kier molecular flexibility index (Phi) is 4.13. The number of hydrogen-bond donors (Lipinski definition) is 2. The maximum Gasteiger partial charge on any atom is 0.329 e. The Hall–Kier alpha value is -2.15. The van der Waals surface area contributed by atoms with Crippen molar-refractivity contribution < 1.29 is 14.7 Å². The quantitative estimate of drug-likeness (QED) is 0.909. The van der Waals surface area contributed by atoms with Crippen LogP contribution in [0, 0.1) is 0 Å². The molecular formula is C14H17N3O3S. The van der Waals surface area contributed by atoms with Crippen LogP contribution in [0.1, 0.15) is 20.8 Å². The van der Waals surface area contributed by atoms with Crippen LogP contribution in [0.25, 0.3) is 10.2 Å². The molecule has 21 heavy (non-hydrogen) atoms. The molecule has 7 heteroatoms. The van der Waals surface area contributed by atoms with Gasteiger partial charge >= 0.3 is 12.0 Å². The number of carbonyl (C=O) groups excluding carboxylic acids is 1. The molecule has 0 saturated carbocycles. The summed E-state index contributed by atoms with van der Waals surface area (Å²) in [5.74, 6) is -1.05. The van der Waals surface area contributed by atoms with Crippen LogP contribution in [0.5, 0.6) is 0 Å². The Balaban J connectivity index is 2.21.